The van der Waals surface area contributed by atoms with Crippen molar-refractivity contribution >= 4 is 17.5 Å². The molecular formula is C16H20N4O2. The fourth-order valence-electron chi connectivity index (χ4n) is 2.29. The molecule has 22 heavy (non-hydrogen) atoms. The molecule has 0 saturated carbocycles. The molecule has 0 radical (unpaired) electrons. The molecule has 0 unspecified atom stereocenters. The highest BCUT2D eigenvalue weighted by atomic mass is 16.2. The lowest BCUT2D eigenvalue weighted by Gasteiger charge is -2.08. The van der Waals surface area contributed by atoms with Crippen molar-refractivity contribution in [2.75, 3.05) is 5.32 Å². The molecule has 0 aliphatic heterocycles. The molecule has 1 heterocycles. The van der Waals surface area contributed by atoms with E-state index in [1.54, 1.807) is 28.9 Å². The van der Waals surface area contributed by atoms with Crippen LogP contribution in [0.15, 0.2) is 24.3 Å². The summed E-state index contributed by atoms with van der Waals surface area (Å²) in [5, 5.41) is 9.87. The van der Waals surface area contributed by atoms with Gasteiger partial charge in [0, 0.05) is 43.0 Å². The van der Waals surface area contributed by atoms with Gasteiger partial charge in [-0.05, 0) is 32.0 Å². The second-order valence-corrected chi connectivity index (χ2v) is 5.22. The van der Waals surface area contributed by atoms with Gasteiger partial charge in [-0.3, -0.25) is 14.3 Å². The van der Waals surface area contributed by atoms with Gasteiger partial charge in [-0.15, -0.1) is 0 Å². The van der Waals surface area contributed by atoms with Crippen molar-refractivity contribution in [2.45, 2.75) is 27.3 Å². The zero-order chi connectivity index (χ0) is 16.3. The number of nitrogens with one attached hydrogen (secondary N) is 2. The summed E-state index contributed by atoms with van der Waals surface area (Å²) in [6, 6.07) is 6.84. The average molecular weight is 300 g/mol. The monoisotopic (exact) mass is 300 g/mol. The topological polar surface area (TPSA) is 76.0 Å². The molecule has 0 bridgehead atoms. The highest BCUT2D eigenvalue weighted by molar-refractivity contribution is 5.96. The van der Waals surface area contributed by atoms with E-state index in [1.165, 1.54) is 6.92 Å². The molecule has 0 aliphatic carbocycles. The van der Waals surface area contributed by atoms with Crippen LogP contribution in [0.3, 0.4) is 0 Å². The van der Waals surface area contributed by atoms with Crippen molar-refractivity contribution in [1.29, 1.82) is 0 Å². The summed E-state index contributed by atoms with van der Waals surface area (Å²) in [6.07, 6.45) is 0. The van der Waals surface area contributed by atoms with Crippen LogP contribution >= 0.6 is 0 Å². The smallest absolute Gasteiger partial charge is 0.251 e. The van der Waals surface area contributed by atoms with E-state index in [4.69, 9.17) is 0 Å². The van der Waals surface area contributed by atoms with Crippen molar-refractivity contribution in [3.63, 3.8) is 0 Å². The van der Waals surface area contributed by atoms with E-state index in [0.717, 1.165) is 17.0 Å². The van der Waals surface area contributed by atoms with Gasteiger partial charge in [0.1, 0.15) is 0 Å². The Morgan fingerprint density at radius 3 is 2.59 bits per heavy atom. The third kappa shape index (κ3) is 3.52. The van der Waals surface area contributed by atoms with Crippen LogP contribution in [0.1, 0.15) is 34.2 Å². The Balaban J connectivity index is 2.08. The van der Waals surface area contributed by atoms with Gasteiger partial charge in [0.25, 0.3) is 5.91 Å². The number of hydrogen-bond acceptors (Lipinski definition) is 3. The van der Waals surface area contributed by atoms with Crippen molar-refractivity contribution < 1.29 is 9.59 Å². The molecular weight excluding hydrogens is 280 g/mol. The quantitative estimate of drug-likeness (QED) is 0.906. The summed E-state index contributed by atoms with van der Waals surface area (Å²) in [6.45, 7) is 5.75. The summed E-state index contributed by atoms with van der Waals surface area (Å²) in [4.78, 5) is 23.3. The summed E-state index contributed by atoms with van der Waals surface area (Å²) in [5.41, 5.74) is 4.07. The molecule has 6 nitrogen and oxygen atoms in total. The highest BCUT2D eigenvalue weighted by Gasteiger charge is 2.12. The van der Waals surface area contributed by atoms with Gasteiger partial charge < -0.3 is 10.6 Å². The minimum absolute atomic E-state index is 0.167. The van der Waals surface area contributed by atoms with Gasteiger partial charge >= 0.3 is 0 Å². The Kier molecular flexibility index (Phi) is 4.60. The van der Waals surface area contributed by atoms with Crippen LogP contribution in [0.2, 0.25) is 0 Å². The Hall–Kier alpha value is -2.63. The largest absolute Gasteiger partial charge is 0.348 e. The van der Waals surface area contributed by atoms with E-state index < -0.39 is 0 Å². The molecule has 0 saturated heterocycles. The SMILES string of the molecule is CC(=O)Nc1cccc(C(=O)NCc2c(C)nn(C)c2C)c1. The number of carbonyl (C=O) groups is 2. The molecule has 0 spiro atoms. The van der Waals surface area contributed by atoms with Crippen LogP contribution in [0.4, 0.5) is 5.69 Å². The predicted molar refractivity (Wildman–Crippen MR) is 84.6 cm³/mol. The third-order valence-electron chi connectivity index (χ3n) is 3.53. The number of aromatic nitrogens is 2. The van der Waals surface area contributed by atoms with Gasteiger partial charge in [-0.25, -0.2) is 0 Å². The van der Waals surface area contributed by atoms with E-state index in [0.29, 0.717) is 17.8 Å². The number of hydrogen-bond donors (Lipinski definition) is 2. The molecule has 2 amide bonds. The molecule has 2 rings (SSSR count). The maximum Gasteiger partial charge on any atom is 0.251 e. The van der Waals surface area contributed by atoms with Crippen molar-refractivity contribution in [3.05, 3.63) is 46.8 Å². The second kappa shape index (κ2) is 6.43. The first kappa shape index (κ1) is 15.8. The normalized spacial score (nSPS) is 10.4. The number of benzene rings is 1. The number of aryl methyl sites for hydroxylation is 2. The minimum Gasteiger partial charge on any atom is -0.348 e. The van der Waals surface area contributed by atoms with Gasteiger partial charge in [0.15, 0.2) is 0 Å². The lowest BCUT2D eigenvalue weighted by molar-refractivity contribution is -0.114. The number of rotatable bonds is 4. The lowest BCUT2D eigenvalue weighted by Crippen LogP contribution is -2.23. The van der Waals surface area contributed by atoms with Crippen LogP contribution in [0, 0.1) is 13.8 Å². The first-order chi connectivity index (χ1) is 10.4. The highest BCUT2D eigenvalue weighted by Crippen LogP contribution is 2.13. The summed E-state index contributed by atoms with van der Waals surface area (Å²) < 4.78 is 1.80. The van der Waals surface area contributed by atoms with E-state index >= 15 is 0 Å². The maximum absolute atomic E-state index is 12.2. The van der Waals surface area contributed by atoms with Crippen LogP contribution in [0.25, 0.3) is 0 Å². The summed E-state index contributed by atoms with van der Waals surface area (Å²) in [5.74, 6) is -0.353. The predicted octanol–water partition coefficient (Wildman–Crippen LogP) is 1.93. The second-order valence-electron chi connectivity index (χ2n) is 5.22. The number of nitrogens with zero attached hydrogens (tertiary/aromatic N) is 2. The van der Waals surface area contributed by atoms with Crippen LogP contribution < -0.4 is 10.6 Å². The summed E-state index contributed by atoms with van der Waals surface area (Å²) >= 11 is 0. The molecule has 1 aromatic carbocycles. The third-order valence-corrected chi connectivity index (χ3v) is 3.53. The van der Waals surface area contributed by atoms with Crippen molar-refractivity contribution in [3.8, 4) is 0 Å². The maximum atomic E-state index is 12.2. The van der Waals surface area contributed by atoms with Gasteiger partial charge in [-0.1, -0.05) is 6.07 Å². The standard InChI is InChI=1S/C16H20N4O2/c1-10-15(11(2)20(4)19-10)9-17-16(22)13-6-5-7-14(8-13)18-12(3)21/h5-8H,9H2,1-4H3,(H,17,22)(H,18,21). The number of carbonyl (C=O) groups excluding carboxylic acids is 2. The minimum atomic E-state index is -0.185. The van der Waals surface area contributed by atoms with E-state index in [-0.39, 0.29) is 11.8 Å². The number of amides is 2. The van der Waals surface area contributed by atoms with Crippen LogP contribution in [-0.4, -0.2) is 21.6 Å². The molecule has 2 aromatic rings. The average Bonchev–Trinajstić information content (AvgIpc) is 2.69. The Labute approximate surface area is 129 Å². The zero-order valence-electron chi connectivity index (χ0n) is 13.2. The van der Waals surface area contributed by atoms with E-state index in [9.17, 15) is 9.59 Å². The number of anilines is 1. The van der Waals surface area contributed by atoms with Crippen molar-refractivity contribution in [2.24, 2.45) is 7.05 Å². The van der Waals surface area contributed by atoms with E-state index in [2.05, 4.69) is 15.7 Å². The molecule has 6 heteroatoms. The fraction of sp³-hybridized carbons (Fsp3) is 0.312. The Bertz CT molecular complexity index is 719. The Morgan fingerprint density at radius 2 is 2.00 bits per heavy atom. The Morgan fingerprint density at radius 1 is 1.27 bits per heavy atom. The molecule has 0 atom stereocenters. The van der Waals surface area contributed by atoms with Crippen molar-refractivity contribution in [1.82, 2.24) is 15.1 Å². The molecule has 116 valence electrons. The lowest BCUT2D eigenvalue weighted by atomic mass is 10.1. The molecule has 2 N–H and O–H groups in total. The van der Waals surface area contributed by atoms with Crippen LogP contribution in [0.5, 0.6) is 0 Å². The van der Waals surface area contributed by atoms with Gasteiger partial charge in [0.2, 0.25) is 5.91 Å². The summed E-state index contributed by atoms with van der Waals surface area (Å²) in [7, 11) is 1.88. The molecule has 1 aromatic heterocycles. The fourth-order valence-corrected chi connectivity index (χ4v) is 2.29. The van der Waals surface area contributed by atoms with E-state index in [1.807, 2.05) is 20.9 Å². The van der Waals surface area contributed by atoms with Gasteiger partial charge in [0.05, 0.1) is 5.69 Å². The molecule has 0 aliphatic rings. The first-order valence-electron chi connectivity index (χ1n) is 7.03. The first-order valence-corrected chi connectivity index (χ1v) is 7.03. The van der Waals surface area contributed by atoms with Crippen LogP contribution in [-0.2, 0) is 18.4 Å². The van der Waals surface area contributed by atoms with Gasteiger partial charge in [-0.2, -0.15) is 5.10 Å². The zero-order valence-corrected chi connectivity index (χ0v) is 13.2. The molecule has 0 fully saturated rings.